The third-order valence-electron chi connectivity index (χ3n) is 4.14. The predicted molar refractivity (Wildman–Crippen MR) is 101 cm³/mol. The van der Waals surface area contributed by atoms with E-state index in [4.69, 9.17) is 16.3 Å². The average molecular weight is 371 g/mol. The topological polar surface area (TPSA) is 64.3 Å². The van der Waals surface area contributed by atoms with Crippen molar-refractivity contribution in [3.05, 3.63) is 59.6 Å². The number of esters is 1. The van der Waals surface area contributed by atoms with Gasteiger partial charge in [0.05, 0.1) is 17.3 Å². The number of aromatic hydroxyl groups is 1. The molecule has 0 bridgehead atoms. The quantitative estimate of drug-likeness (QED) is 0.652. The fraction of sp³-hybridized carbons (Fsp3) is 0.200. The number of phenols is 1. The summed E-state index contributed by atoms with van der Waals surface area (Å²) >= 11 is 5.98. The molecule has 3 aromatic rings. The minimum Gasteiger partial charge on any atom is -0.508 e. The molecule has 2 aromatic carbocycles. The summed E-state index contributed by atoms with van der Waals surface area (Å²) in [7, 11) is 0. The Labute approximate surface area is 156 Å². The number of carbonyl (C=O) groups excluding carboxylic acids is 1. The standard InChI is InChI=1S/C20H19ClN2O3/c1-3-13(2)20(25)26-19-12-18(14-4-6-15(21)7-5-14)23(22-19)16-8-10-17(24)11-9-16/h4-13,24H,3H2,1-2H3. The highest BCUT2D eigenvalue weighted by atomic mass is 35.5. The maximum absolute atomic E-state index is 12.1. The number of hydrogen-bond donors (Lipinski definition) is 1. The van der Waals surface area contributed by atoms with Crippen LogP contribution in [-0.4, -0.2) is 20.9 Å². The average Bonchev–Trinajstić information content (AvgIpc) is 3.06. The van der Waals surface area contributed by atoms with Gasteiger partial charge >= 0.3 is 5.97 Å². The summed E-state index contributed by atoms with van der Waals surface area (Å²) in [5, 5.41) is 14.6. The van der Waals surface area contributed by atoms with E-state index in [0.29, 0.717) is 11.4 Å². The highest BCUT2D eigenvalue weighted by Gasteiger charge is 2.18. The molecule has 0 fully saturated rings. The van der Waals surface area contributed by atoms with Crippen LogP contribution in [0.4, 0.5) is 0 Å². The molecule has 1 unspecified atom stereocenters. The van der Waals surface area contributed by atoms with Crippen molar-refractivity contribution in [3.8, 4) is 28.6 Å². The Morgan fingerprint density at radius 3 is 2.46 bits per heavy atom. The Morgan fingerprint density at radius 1 is 1.19 bits per heavy atom. The first-order chi connectivity index (χ1) is 12.5. The van der Waals surface area contributed by atoms with E-state index in [2.05, 4.69) is 5.10 Å². The van der Waals surface area contributed by atoms with Crippen LogP contribution in [0.15, 0.2) is 54.6 Å². The van der Waals surface area contributed by atoms with Gasteiger partial charge in [-0.15, -0.1) is 5.10 Å². The molecule has 26 heavy (non-hydrogen) atoms. The SMILES string of the molecule is CCC(C)C(=O)Oc1cc(-c2ccc(Cl)cc2)n(-c2ccc(O)cc2)n1. The third kappa shape index (κ3) is 3.89. The summed E-state index contributed by atoms with van der Waals surface area (Å²) in [5.41, 5.74) is 2.36. The second-order valence-electron chi connectivity index (χ2n) is 6.03. The molecule has 0 saturated heterocycles. The Balaban J connectivity index is 2.04. The Morgan fingerprint density at radius 2 is 1.85 bits per heavy atom. The minimum atomic E-state index is -0.314. The van der Waals surface area contributed by atoms with Crippen LogP contribution < -0.4 is 4.74 Å². The number of ether oxygens (including phenoxy) is 1. The van der Waals surface area contributed by atoms with E-state index in [0.717, 1.165) is 16.9 Å². The predicted octanol–water partition coefficient (Wildman–Crippen LogP) is 4.85. The fourth-order valence-corrected chi connectivity index (χ4v) is 2.52. The molecule has 0 radical (unpaired) electrons. The van der Waals surface area contributed by atoms with E-state index in [1.165, 1.54) is 0 Å². The second-order valence-corrected chi connectivity index (χ2v) is 6.47. The molecule has 1 aromatic heterocycles. The monoisotopic (exact) mass is 370 g/mol. The lowest BCUT2D eigenvalue weighted by molar-refractivity contribution is -0.138. The summed E-state index contributed by atoms with van der Waals surface area (Å²) in [4.78, 5) is 12.1. The first-order valence-corrected chi connectivity index (χ1v) is 8.73. The maximum atomic E-state index is 12.1. The van der Waals surface area contributed by atoms with Crippen LogP contribution in [0, 0.1) is 5.92 Å². The maximum Gasteiger partial charge on any atom is 0.315 e. The number of benzene rings is 2. The molecule has 1 heterocycles. The molecule has 1 N–H and O–H groups in total. The normalized spacial score (nSPS) is 12.0. The van der Waals surface area contributed by atoms with Crippen LogP contribution in [0.5, 0.6) is 11.6 Å². The van der Waals surface area contributed by atoms with E-state index in [-0.39, 0.29) is 23.5 Å². The second kappa shape index (κ2) is 7.62. The van der Waals surface area contributed by atoms with Gasteiger partial charge in [0.15, 0.2) is 0 Å². The molecule has 0 spiro atoms. The Bertz CT molecular complexity index is 839. The first kappa shape index (κ1) is 18.0. The molecular weight excluding hydrogens is 352 g/mol. The van der Waals surface area contributed by atoms with Crippen LogP contribution in [-0.2, 0) is 4.79 Å². The van der Waals surface area contributed by atoms with Crippen LogP contribution in [0.1, 0.15) is 20.3 Å². The molecule has 5 nitrogen and oxygen atoms in total. The van der Waals surface area contributed by atoms with Gasteiger partial charge in [0.2, 0.25) is 5.88 Å². The number of halogens is 1. The highest BCUT2D eigenvalue weighted by molar-refractivity contribution is 6.30. The zero-order chi connectivity index (χ0) is 18.7. The van der Waals surface area contributed by atoms with Crippen molar-refractivity contribution in [1.29, 1.82) is 0 Å². The summed E-state index contributed by atoms with van der Waals surface area (Å²) in [6, 6.07) is 15.7. The van der Waals surface area contributed by atoms with Crippen molar-refractivity contribution >= 4 is 17.6 Å². The smallest absolute Gasteiger partial charge is 0.315 e. The van der Waals surface area contributed by atoms with E-state index >= 15 is 0 Å². The molecule has 0 aliphatic carbocycles. The molecule has 0 aliphatic rings. The van der Waals surface area contributed by atoms with Gasteiger partial charge in [-0.1, -0.05) is 37.6 Å². The lowest BCUT2D eigenvalue weighted by atomic mass is 10.1. The van der Waals surface area contributed by atoms with Gasteiger partial charge < -0.3 is 9.84 Å². The van der Waals surface area contributed by atoms with Gasteiger partial charge in [-0.3, -0.25) is 4.79 Å². The number of hydrogen-bond acceptors (Lipinski definition) is 4. The van der Waals surface area contributed by atoms with Crippen LogP contribution in [0.3, 0.4) is 0 Å². The largest absolute Gasteiger partial charge is 0.508 e. The molecule has 0 saturated carbocycles. The van der Waals surface area contributed by atoms with E-state index in [1.807, 2.05) is 26.0 Å². The van der Waals surface area contributed by atoms with E-state index < -0.39 is 0 Å². The molecule has 134 valence electrons. The van der Waals surface area contributed by atoms with Gasteiger partial charge in [-0.2, -0.15) is 0 Å². The van der Waals surface area contributed by atoms with Gasteiger partial charge in [0, 0.05) is 16.7 Å². The number of rotatable bonds is 5. The van der Waals surface area contributed by atoms with Gasteiger partial charge in [-0.05, 0) is 42.8 Å². The fourth-order valence-electron chi connectivity index (χ4n) is 2.40. The van der Waals surface area contributed by atoms with Crippen molar-refractivity contribution in [2.75, 3.05) is 0 Å². The van der Waals surface area contributed by atoms with Crippen LogP contribution in [0.2, 0.25) is 5.02 Å². The molecule has 0 amide bonds. The first-order valence-electron chi connectivity index (χ1n) is 8.35. The van der Waals surface area contributed by atoms with Crippen molar-refractivity contribution in [2.45, 2.75) is 20.3 Å². The van der Waals surface area contributed by atoms with Crippen molar-refractivity contribution in [2.24, 2.45) is 5.92 Å². The van der Waals surface area contributed by atoms with Crippen LogP contribution in [0.25, 0.3) is 16.9 Å². The van der Waals surface area contributed by atoms with Crippen molar-refractivity contribution in [1.82, 2.24) is 9.78 Å². The third-order valence-corrected chi connectivity index (χ3v) is 4.39. The molecule has 1 atom stereocenters. The summed E-state index contributed by atoms with van der Waals surface area (Å²) in [6.07, 6.45) is 0.696. The van der Waals surface area contributed by atoms with E-state index in [9.17, 15) is 9.90 Å². The van der Waals surface area contributed by atoms with Gasteiger partial charge in [-0.25, -0.2) is 4.68 Å². The zero-order valence-electron chi connectivity index (χ0n) is 14.5. The van der Waals surface area contributed by atoms with Crippen molar-refractivity contribution in [3.63, 3.8) is 0 Å². The Hall–Kier alpha value is -2.79. The molecule has 6 heteroatoms. The van der Waals surface area contributed by atoms with Gasteiger partial charge in [0.1, 0.15) is 5.75 Å². The number of aromatic nitrogens is 2. The molecule has 0 aliphatic heterocycles. The summed E-state index contributed by atoms with van der Waals surface area (Å²) in [5.74, 6) is -0.121. The summed E-state index contributed by atoms with van der Waals surface area (Å²) in [6.45, 7) is 3.75. The molecular formula is C20H19ClN2O3. The zero-order valence-corrected chi connectivity index (χ0v) is 15.3. The van der Waals surface area contributed by atoms with Gasteiger partial charge in [0.25, 0.3) is 0 Å². The number of phenolic OH excluding ortho intramolecular Hbond substituents is 1. The number of nitrogens with zero attached hydrogens (tertiary/aromatic N) is 2. The molecule has 3 rings (SSSR count). The number of carbonyl (C=O) groups is 1. The minimum absolute atomic E-state index is 0.164. The highest BCUT2D eigenvalue weighted by Crippen LogP contribution is 2.29. The lowest BCUT2D eigenvalue weighted by Gasteiger charge is -2.08. The van der Waals surface area contributed by atoms with E-state index in [1.54, 1.807) is 47.1 Å². The van der Waals surface area contributed by atoms with Crippen LogP contribution >= 0.6 is 11.6 Å². The van der Waals surface area contributed by atoms with Crippen molar-refractivity contribution < 1.29 is 14.6 Å². The lowest BCUT2D eigenvalue weighted by Crippen LogP contribution is -2.17. The summed E-state index contributed by atoms with van der Waals surface area (Å²) < 4.78 is 7.10. The Kier molecular flexibility index (Phi) is 5.28.